The average Bonchev–Trinajstić information content (AvgIpc) is 2.29. The average molecular weight is 257 g/mol. The van der Waals surface area contributed by atoms with Crippen LogP contribution in [0.1, 0.15) is 18.1 Å². The van der Waals surface area contributed by atoms with Gasteiger partial charge in [0.05, 0.1) is 7.11 Å². The monoisotopic (exact) mass is 257 g/mol. The van der Waals surface area contributed by atoms with E-state index < -0.39 is 9.84 Å². The number of hydrogen-bond donors (Lipinski definition) is 1. The summed E-state index contributed by atoms with van der Waals surface area (Å²) in [6.45, 7) is 6.30. The van der Waals surface area contributed by atoms with Gasteiger partial charge in [0.25, 0.3) is 0 Å². The van der Waals surface area contributed by atoms with Crippen LogP contribution in [0, 0.1) is 13.8 Å². The molecule has 0 fully saturated rings. The third kappa shape index (κ3) is 3.20. The molecule has 0 bridgehead atoms. The molecule has 17 heavy (non-hydrogen) atoms. The fraction of sp³-hybridized carbons (Fsp3) is 0.500. The number of benzene rings is 1. The van der Waals surface area contributed by atoms with E-state index in [2.05, 4.69) is 5.32 Å². The highest BCUT2D eigenvalue weighted by atomic mass is 32.2. The molecule has 1 aromatic carbocycles. The van der Waals surface area contributed by atoms with Crippen molar-refractivity contribution in [2.24, 2.45) is 0 Å². The molecular formula is C12H19NO3S. The van der Waals surface area contributed by atoms with Gasteiger partial charge in [-0.3, -0.25) is 0 Å². The standard InChI is InChI=1S/C12H19NO3S/c1-5-13-8-17(14,15)12-7-10(3)9(2)6-11(12)16-4/h6-7,13H,5,8H2,1-4H3. The van der Waals surface area contributed by atoms with Crippen molar-refractivity contribution in [3.8, 4) is 5.75 Å². The van der Waals surface area contributed by atoms with Gasteiger partial charge in [-0.15, -0.1) is 0 Å². The van der Waals surface area contributed by atoms with E-state index in [1.54, 1.807) is 12.1 Å². The lowest BCUT2D eigenvalue weighted by Gasteiger charge is -2.12. The fourth-order valence-corrected chi connectivity index (χ4v) is 2.91. The van der Waals surface area contributed by atoms with Crippen LogP contribution in [-0.4, -0.2) is 27.9 Å². The molecule has 0 saturated heterocycles. The SMILES string of the molecule is CCNCS(=O)(=O)c1cc(C)c(C)cc1OC. The summed E-state index contributed by atoms with van der Waals surface area (Å²) >= 11 is 0. The molecule has 0 heterocycles. The summed E-state index contributed by atoms with van der Waals surface area (Å²) in [4.78, 5) is 0.254. The first-order valence-electron chi connectivity index (χ1n) is 5.51. The Morgan fingerprint density at radius 3 is 2.35 bits per heavy atom. The van der Waals surface area contributed by atoms with E-state index in [4.69, 9.17) is 4.74 Å². The summed E-state index contributed by atoms with van der Waals surface area (Å²) in [6, 6.07) is 3.43. The second kappa shape index (κ2) is 5.51. The topological polar surface area (TPSA) is 55.4 Å². The zero-order valence-electron chi connectivity index (χ0n) is 10.7. The number of nitrogens with one attached hydrogen (secondary N) is 1. The first-order valence-corrected chi connectivity index (χ1v) is 7.16. The number of aryl methyl sites for hydroxylation is 2. The Morgan fingerprint density at radius 2 is 1.82 bits per heavy atom. The lowest BCUT2D eigenvalue weighted by molar-refractivity contribution is 0.402. The van der Waals surface area contributed by atoms with Crippen molar-refractivity contribution in [2.75, 3.05) is 19.5 Å². The fourth-order valence-electron chi connectivity index (χ4n) is 1.48. The molecule has 0 aliphatic carbocycles. The van der Waals surface area contributed by atoms with Crippen molar-refractivity contribution >= 4 is 9.84 Å². The highest BCUT2D eigenvalue weighted by Crippen LogP contribution is 2.27. The second-order valence-electron chi connectivity index (χ2n) is 3.95. The van der Waals surface area contributed by atoms with Crippen LogP contribution >= 0.6 is 0 Å². The zero-order valence-corrected chi connectivity index (χ0v) is 11.5. The van der Waals surface area contributed by atoms with E-state index in [9.17, 15) is 8.42 Å². The van der Waals surface area contributed by atoms with Gasteiger partial charge in [0.1, 0.15) is 16.5 Å². The summed E-state index contributed by atoms with van der Waals surface area (Å²) in [5.74, 6) is 0.341. The molecule has 0 spiro atoms. The third-order valence-electron chi connectivity index (χ3n) is 2.66. The lowest BCUT2D eigenvalue weighted by atomic mass is 10.1. The van der Waals surface area contributed by atoms with E-state index in [1.807, 2.05) is 20.8 Å². The highest BCUT2D eigenvalue weighted by Gasteiger charge is 2.20. The second-order valence-corrected chi connectivity index (χ2v) is 5.91. The van der Waals surface area contributed by atoms with Crippen molar-refractivity contribution in [3.63, 3.8) is 0 Å². The number of sulfone groups is 1. The third-order valence-corrected chi connectivity index (χ3v) is 4.23. The lowest BCUT2D eigenvalue weighted by Crippen LogP contribution is -2.23. The molecule has 0 aromatic heterocycles. The number of hydrogen-bond acceptors (Lipinski definition) is 4. The van der Waals surface area contributed by atoms with Crippen LogP contribution in [0.3, 0.4) is 0 Å². The van der Waals surface area contributed by atoms with Crippen molar-refractivity contribution in [3.05, 3.63) is 23.3 Å². The molecule has 0 saturated carbocycles. The maximum absolute atomic E-state index is 12.1. The van der Waals surface area contributed by atoms with Gasteiger partial charge in [-0.2, -0.15) is 0 Å². The van der Waals surface area contributed by atoms with Gasteiger partial charge in [0, 0.05) is 0 Å². The Bertz CT molecular complexity index is 495. The van der Waals surface area contributed by atoms with Gasteiger partial charge in [-0.05, 0) is 43.7 Å². The van der Waals surface area contributed by atoms with Crippen LogP contribution in [0.4, 0.5) is 0 Å². The van der Waals surface area contributed by atoms with Gasteiger partial charge in [0.2, 0.25) is 0 Å². The Labute approximate surface area is 103 Å². The number of methoxy groups -OCH3 is 1. The molecule has 0 unspecified atom stereocenters. The van der Waals surface area contributed by atoms with Gasteiger partial charge < -0.3 is 10.1 Å². The maximum Gasteiger partial charge on any atom is 0.194 e. The van der Waals surface area contributed by atoms with Crippen LogP contribution < -0.4 is 10.1 Å². The van der Waals surface area contributed by atoms with Gasteiger partial charge in [-0.25, -0.2) is 8.42 Å². The van der Waals surface area contributed by atoms with Crippen molar-refractivity contribution < 1.29 is 13.2 Å². The first kappa shape index (κ1) is 14.0. The molecule has 5 heteroatoms. The summed E-state index contributed by atoms with van der Waals surface area (Å²) in [7, 11) is -1.86. The van der Waals surface area contributed by atoms with Crippen molar-refractivity contribution in [1.29, 1.82) is 0 Å². The summed E-state index contributed by atoms with van der Waals surface area (Å²) in [5.41, 5.74) is 1.96. The molecule has 4 nitrogen and oxygen atoms in total. The smallest absolute Gasteiger partial charge is 0.194 e. The summed E-state index contributed by atoms with van der Waals surface area (Å²) in [5, 5.41) is 2.83. The number of ether oxygens (including phenoxy) is 1. The zero-order chi connectivity index (χ0) is 13.1. The van der Waals surface area contributed by atoms with E-state index in [1.165, 1.54) is 7.11 Å². The normalized spacial score (nSPS) is 11.5. The van der Waals surface area contributed by atoms with Gasteiger partial charge in [-0.1, -0.05) is 6.92 Å². The van der Waals surface area contributed by atoms with Gasteiger partial charge >= 0.3 is 0 Å². The van der Waals surface area contributed by atoms with Crippen LogP contribution in [0.5, 0.6) is 5.75 Å². The van der Waals surface area contributed by atoms with Crippen LogP contribution in [0.25, 0.3) is 0 Å². The summed E-state index contributed by atoms with van der Waals surface area (Å²) < 4.78 is 29.3. The molecule has 1 rings (SSSR count). The minimum absolute atomic E-state index is 0.0671. The quantitative estimate of drug-likeness (QED) is 0.871. The Balaban J connectivity index is 3.25. The maximum atomic E-state index is 12.1. The Hall–Kier alpha value is -1.07. The molecule has 96 valence electrons. The molecule has 1 aromatic rings. The molecule has 0 aliphatic rings. The van der Waals surface area contributed by atoms with Crippen molar-refractivity contribution in [2.45, 2.75) is 25.7 Å². The van der Waals surface area contributed by atoms with Crippen LogP contribution in [0.15, 0.2) is 17.0 Å². The Morgan fingerprint density at radius 1 is 1.24 bits per heavy atom. The largest absolute Gasteiger partial charge is 0.495 e. The van der Waals surface area contributed by atoms with E-state index >= 15 is 0 Å². The molecule has 0 radical (unpaired) electrons. The number of rotatable bonds is 5. The Kier molecular flexibility index (Phi) is 4.54. The molecule has 0 atom stereocenters. The first-order chi connectivity index (χ1) is 7.92. The van der Waals surface area contributed by atoms with E-state index in [0.717, 1.165) is 11.1 Å². The van der Waals surface area contributed by atoms with Crippen LogP contribution in [0.2, 0.25) is 0 Å². The minimum atomic E-state index is -3.34. The predicted molar refractivity (Wildman–Crippen MR) is 68.2 cm³/mol. The minimum Gasteiger partial charge on any atom is -0.495 e. The summed E-state index contributed by atoms with van der Waals surface area (Å²) in [6.07, 6.45) is 0. The highest BCUT2D eigenvalue weighted by molar-refractivity contribution is 7.91. The molecule has 0 aliphatic heterocycles. The molecular weight excluding hydrogens is 238 g/mol. The van der Waals surface area contributed by atoms with Crippen LogP contribution in [-0.2, 0) is 9.84 Å². The van der Waals surface area contributed by atoms with Crippen molar-refractivity contribution in [1.82, 2.24) is 5.32 Å². The molecule has 1 N–H and O–H groups in total. The predicted octanol–water partition coefficient (Wildman–Crippen LogP) is 1.65. The molecule has 0 amide bonds. The van der Waals surface area contributed by atoms with E-state index in [-0.39, 0.29) is 10.8 Å². The van der Waals surface area contributed by atoms with Gasteiger partial charge in [0.15, 0.2) is 9.84 Å². The van der Waals surface area contributed by atoms with E-state index in [0.29, 0.717) is 12.3 Å².